The SMILES string of the molecule is CCOC(CN)CC(=O)NCC1CCOC1C. The van der Waals surface area contributed by atoms with E-state index in [1.165, 1.54) is 0 Å². The Bertz CT molecular complexity index is 236. The van der Waals surface area contributed by atoms with Crippen LogP contribution in [-0.4, -0.2) is 44.4 Å². The van der Waals surface area contributed by atoms with Gasteiger partial charge in [-0.1, -0.05) is 0 Å². The third-order valence-corrected chi connectivity index (χ3v) is 3.17. The molecule has 1 aliphatic heterocycles. The van der Waals surface area contributed by atoms with Gasteiger partial charge in [-0.2, -0.15) is 0 Å². The van der Waals surface area contributed by atoms with Crippen LogP contribution < -0.4 is 11.1 Å². The minimum atomic E-state index is -0.169. The van der Waals surface area contributed by atoms with E-state index in [1.807, 2.05) is 13.8 Å². The van der Waals surface area contributed by atoms with E-state index in [1.54, 1.807) is 0 Å². The van der Waals surface area contributed by atoms with E-state index in [0.29, 0.717) is 32.0 Å². The van der Waals surface area contributed by atoms with Gasteiger partial charge in [-0.15, -0.1) is 0 Å². The van der Waals surface area contributed by atoms with E-state index in [9.17, 15) is 4.79 Å². The zero-order valence-electron chi connectivity index (χ0n) is 10.8. The van der Waals surface area contributed by atoms with Crippen LogP contribution in [0.15, 0.2) is 0 Å². The highest BCUT2D eigenvalue weighted by molar-refractivity contribution is 5.76. The van der Waals surface area contributed by atoms with Gasteiger partial charge in [-0.25, -0.2) is 0 Å². The van der Waals surface area contributed by atoms with Crippen LogP contribution in [0.2, 0.25) is 0 Å². The highest BCUT2D eigenvalue weighted by Gasteiger charge is 2.24. The minimum Gasteiger partial charge on any atom is -0.378 e. The zero-order valence-corrected chi connectivity index (χ0v) is 10.8. The molecule has 0 aromatic heterocycles. The van der Waals surface area contributed by atoms with Crippen LogP contribution in [0.4, 0.5) is 0 Å². The molecule has 17 heavy (non-hydrogen) atoms. The number of hydrogen-bond acceptors (Lipinski definition) is 4. The van der Waals surface area contributed by atoms with Gasteiger partial charge in [-0.05, 0) is 20.3 Å². The molecule has 1 fully saturated rings. The fourth-order valence-electron chi connectivity index (χ4n) is 2.01. The molecule has 0 aliphatic carbocycles. The summed E-state index contributed by atoms with van der Waals surface area (Å²) in [6.07, 6.45) is 1.43. The highest BCUT2D eigenvalue weighted by atomic mass is 16.5. The summed E-state index contributed by atoms with van der Waals surface area (Å²) in [5.41, 5.74) is 5.52. The van der Waals surface area contributed by atoms with Crippen LogP contribution in [-0.2, 0) is 14.3 Å². The zero-order chi connectivity index (χ0) is 12.7. The molecule has 3 unspecified atom stereocenters. The van der Waals surface area contributed by atoms with Crippen molar-refractivity contribution in [2.75, 3.05) is 26.3 Å². The fourth-order valence-corrected chi connectivity index (χ4v) is 2.01. The first kappa shape index (κ1) is 14.4. The molecule has 0 radical (unpaired) electrons. The minimum absolute atomic E-state index is 0.00741. The second kappa shape index (κ2) is 7.63. The molecule has 1 heterocycles. The number of rotatable bonds is 7. The summed E-state index contributed by atoms with van der Waals surface area (Å²) in [6, 6.07) is 0. The van der Waals surface area contributed by atoms with E-state index in [0.717, 1.165) is 13.0 Å². The Morgan fingerprint density at radius 2 is 2.41 bits per heavy atom. The maximum atomic E-state index is 11.7. The number of nitrogens with one attached hydrogen (secondary N) is 1. The molecule has 0 saturated carbocycles. The predicted octanol–water partition coefficient (Wildman–Crippen LogP) is 0.282. The summed E-state index contributed by atoms with van der Waals surface area (Å²) in [7, 11) is 0. The lowest BCUT2D eigenvalue weighted by Crippen LogP contribution is -2.36. The van der Waals surface area contributed by atoms with Gasteiger partial charge >= 0.3 is 0 Å². The topological polar surface area (TPSA) is 73.6 Å². The van der Waals surface area contributed by atoms with Crippen molar-refractivity contribution in [1.29, 1.82) is 0 Å². The normalized spacial score (nSPS) is 25.8. The fraction of sp³-hybridized carbons (Fsp3) is 0.917. The third kappa shape index (κ3) is 5.02. The molecule has 0 aromatic carbocycles. The lowest BCUT2D eigenvalue weighted by Gasteiger charge is -2.17. The van der Waals surface area contributed by atoms with Gasteiger partial charge < -0.3 is 20.5 Å². The van der Waals surface area contributed by atoms with Crippen molar-refractivity contribution >= 4 is 5.91 Å². The van der Waals surface area contributed by atoms with Crippen LogP contribution in [0.3, 0.4) is 0 Å². The number of hydrogen-bond donors (Lipinski definition) is 2. The second-order valence-corrected chi connectivity index (χ2v) is 4.45. The van der Waals surface area contributed by atoms with E-state index in [2.05, 4.69) is 5.32 Å². The van der Waals surface area contributed by atoms with Crippen LogP contribution in [0.5, 0.6) is 0 Å². The smallest absolute Gasteiger partial charge is 0.222 e. The van der Waals surface area contributed by atoms with Gasteiger partial charge in [0.05, 0.1) is 18.6 Å². The Kier molecular flexibility index (Phi) is 6.47. The van der Waals surface area contributed by atoms with Crippen molar-refractivity contribution in [2.24, 2.45) is 11.7 Å². The predicted molar refractivity (Wildman–Crippen MR) is 65.6 cm³/mol. The summed E-state index contributed by atoms with van der Waals surface area (Å²) in [6.45, 7) is 6.40. The molecule has 1 aliphatic rings. The number of carbonyl (C=O) groups is 1. The molecule has 3 atom stereocenters. The molecular weight excluding hydrogens is 220 g/mol. The van der Waals surface area contributed by atoms with Crippen molar-refractivity contribution in [1.82, 2.24) is 5.32 Å². The molecule has 5 nitrogen and oxygen atoms in total. The molecule has 0 spiro atoms. The number of carbonyl (C=O) groups excluding carboxylic acids is 1. The second-order valence-electron chi connectivity index (χ2n) is 4.45. The van der Waals surface area contributed by atoms with E-state index < -0.39 is 0 Å². The Balaban J connectivity index is 2.19. The summed E-state index contributed by atoms with van der Waals surface area (Å²) in [4.78, 5) is 11.7. The van der Waals surface area contributed by atoms with E-state index in [4.69, 9.17) is 15.2 Å². The highest BCUT2D eigenvalue weighted by Crippen LogP contribution is 2.19. The largest absolute Gasteiger partial charge is 0.378 e. The van der Waals surface area contributed by atoms with Crippen LogP contribution in [0.1, 0.15) is 26.7 Å². The lowest BCUT2D eigenvalue weighted by molar-refractivity contribution is -0.124. The Morgan fingerprint density at radius 3 is 2.94 bits per heavy atom. The summed E-state index contributed by atoms with van der Waals surface area (Å²) < 4.78 is 10.8. The van der Waals surface area contributed by atoms with Gasteiger partial charge in [0, 0.05) is 32.2 Å². The number of nitrogens with two attached hydrogens (primary N) is 1. The van der Waals surface area contributed by atoms with Crippen LogP contribution in [0.25, 0.3) is 0 Å². The lowest BCUT2D eigenvalue weighted by atomic mass is 10.0. The molecular formula is C12H24N2O3. The average Bonchev–Trinajstić information content (AvgIpc) is 2.71. The monoisotopic (exact) mass is 244 g/mol. The summed E-state index contributed by atoms with van der Waals surface area (Å²) >= 11 is 0. The Labute approximate surface area is 103 Å². The first-order chi connectivity index (χ1) is 8.17. The molecule has 0 bridgehead atoms. The van der Waals surface area contributed by atoms with E-state index in [-0.39, 0.29) is 18.1 Å². The van der Waals surface area contributed by atoms with Crippen molar-refractivity contribution < 1.29 is 14.3 Å². The van der Waals surface area contributed by atoms with Crippen molar-refractivity contribution in [2.45, 2.75) is 38.9 Å². The molecule has 1 amide bonds. The molecule has 1 saturated heterocycles. The van der Waals surface area contributed by atoms with Gasteiger partial charge in [0.15, 0.2) is 0 Å². The van der Waals surface area contributed by atoms with Crippen LogP contribution in [0, 0.1) is 5.92 Å². The molecule has 3 N–H and O–H groups in total. The average molecular weight is 244 g/mol. The van der Waals surface area contributed by atoms with Crippen molar-refractivity contribution in [3.8, 4) is 0 Å². The van der Waals surface area contributed by atoms with Gasteiger partial charge in [0.25, 0.3) is 0 Å². The standard InChI is InChI=1S/C12H24N2O3/c1-3-16-11(7-13)6-12(15)14-8-10-4-5-17-9(10)2/h9-11H,3-8,13H2,1-2H3,(H,14,15). The summed E-state index contributed by atoms with van der Waals surface area (Å²) in [5.74, 6) is 0.440. The number of ether oxygens (including phenoxy) is 2. The molecule has 5 heteroatoms. The quantitative estimate of drug-likeness (QED) is 0.674. The van der Waals surface area contributed by atoms with Crippen molar-refractivity contribution in [3.63, 3.8) is 0 Å². The molecule has 100 valence electrons. The van der Waals surface area contributed by atoms with E-state index >= 15 is 0 Å². The maximum Gasteiger partial charge on any atom is 0.222 e. The summed E-state index contributed by atoms with van der Waals surface area (Å²) in [5, 5.41) is 2.92. The van der Waals surface area contributed by atoms with Crippen molar-refractivity contribution in [3.05, 3.63) is 0 Å². The van der Waals surface area contributed by atoms with Gasteiger partial charge in [0.1, 0.15) is 0 Å². The first-order valence-electron chi connectivity index (χ1n) is 6.37. The first-order valence-corrected chi connectivity index (χ1v) is 6.37. The van der Waals surface area contributed by atoms with Gasteiger partial charge in [0.2, 0.25) is 5.91 Å². The molecule has 0 aromatic rings. The van der Waals surface area contributed by atoms with Crippen LogP contribution >= 0.6 is 0 Å². The Hall–Kier alpha value is -0.650. The maximum absolute atomic E-state index is 11.7. The molecule has 1 rings (SSSR count). The van der Waals surface area contributed by atoms with Gasteiger partial charge in [-0.3, -0.25) is 4.79 Å². The Morgan fingerprint density at radius 1 is 1.65 bits per heavy atom. The number of amides is 1. The third-order valence-electron chi connectivity index (χ3n) is 3.17.